The van der Waals surface area contributed by atoms with Crippen LogP contribution in [0.4, 0.5) is 0 Å². The Bertz CT molecular complexity index is 855. The zero-order chi connectivity index (χ0) is 19.2. The van der Waals surface area contributed by atoms with Gasteiger partial charge in [-0.15, -0.1) is 0 Å². The van der Waals surface area contributed by atoms with E-state index in [1.54, 1.807) is 4.90 Å². The molecule has 1 amide bonds. The van der Waals surface area contributed by atoms with E-state index < -0.39 is 0 Å². The monoisotopic (exact) mass is 380 g/mol. The number of nitrogens with zero attached hydrogens (tertiary/aromatic N) is 2. The molecular weight excluding hydrogens is 356 g/mol. The van der Waals surface area contributed by atoms with E-state index in [9.17, 15) is 4.79 Å². The number of thioether (sulfide) groups is 1. The lowest BCUT2D eigenvalue weighted by molar-refractivity contribution is -0.122. The van der Waals surface area contributed by atoms with Crippen molar-refractivity contribution in [1.82, 2.24) is 4.90 Å². The van der Waals surface area contributed by atoms with Gasteiger partial charge < -0.3 is 4.74 Å². The molecule has 0 saturated carbocycles. The largest absolute Gasteiger partial charge is 0.489 e. The summed E-state index contributed by atoms with van der Waals surface area (Å²) in [5.41, 5.74) is 3.36. The third-order valence-corrected chi connectivity index (χ3v) is 5.25. The van der Waals surface area contributed by atoms with Crippen LogP contribution in [-0.4, -0.2) is 29.1 Å². The lowest BCUT2D eigenvalue weighted by Gasteiger charge is -2.11. The Hall–Kier alpha value is -2.53. The molecule has 0 unspecified atom stereocenters. The highest BCUT2D eigenvalue weighted by atomic mass is 32.2. The van der Waals surface area contributed by atoms with Crippen molar-refractivity contribution >= 4 is 28.9 Å². The molecule has 140 valence electrons. The van der Waals surface area contributed by atoms with Crippen LogP contribution in [0.25, 0.3) is 6.08 Å². The van der Waals surface area contributed by atoms with Gasteiger partial charge in [-0.25, -0.2) is 0 Å². The van der Waals surface area contributed by atoms with E-state index in [0.717, 1.165) is 22.0 Å². The number of hydrogen-bond acceptors (Lipinski definition) is 4. The molecule has 1 fully saturated rings. The summed E-state index contributed by atoms with van der Waals surface area (Å²) in [6.07, 6.45) is 1.91. The third kappa shape index (κ3) is 4.80. The standard InChI is InChI=1S/C22H24N2O2S/c1-4-23-22-24(5-2)21(25)20(27-22)14-17-10-12-19(13-11-17)26-15-18-8-6-16(3)7-9-18/h6-14H,4-5,15H2,1-3H3/b20-14-,23-22?. The lowest BCUT2D eigenvalue weighted by Crippen LogP contribution is -2.28. The van der Waals surface area contributed by atoms with Crippen LogP contribution < -0.4 is 4.74 Å². The van der Waals surface area contributed by atoms with E-state index in [1.807, 2.05) is 44.2 Å². The normalized spacial score (nSPS) is 17.1. The molecule has 1 aliphatic rings. The Balaban J connectivity index is 1.66. The molecular formula is C22H24N2O2S. The maximum atomic E-state index is 12.5. The molecule has 0 radical (unpaired) electrons. The molecule has 0 N–H and O–H groups in total. The fraction of sp³-hybridized carbons (Fsp3) is 0.273. The quantitative estimate of drug-likeness (QED) is 0.670. The summed E-state index contributed by atoms with van der Waals surface area (Å²) in [6, 6.07) is 16.1. The van der Waals surface area contributed by atoms with E-state index in [0.29, 0.717) is 24.6 Å². The Labute approximate surface area is 164 Å². The number of rotatable bonds is 6. The first-order valence-electron chi connectivity index (χ1n) is 9.15. The number of amides is 1. The molecule has 27 heavy (non-hydrogen) atoms. The van der Waals surface area contributed by atoms with E-state index >= 15 is 0 Å². The minimum absolute atomic E-state index is 0.0226. The molecule has 0 bridgehead atoms. The van der Waals surface area contributed by atoms with Crippen molar-refractivity contribution in [2.75, 3.05) is 13.1 Å². The molecule has 1 saturated heterocycles. The highest BCUT2D eigenvalue weighted by Gasteiger charge is 2.31. The number of aryl methyl sites for hydroxylation is 1. The second-order valence-corrected chi connectivity index (χ2v) is 7.27. The molecule has 2 aromatic carbocycles. The van der Waals surface area contributed by atoms with Crippen LogP contribution >= 0.6 is 11.8 Å². The van der Waals surface area contributed by atoms with Gasteiger partial charge in [-0.3, -0.25) is 14.7 Å². The number of likely N-dealkylation sites (N-methyl/N-ethyl adjacent to an activating group) is 1. The topological polar surface area (TPSA) is 41.9 Å². The van der Waals surface area contributed by atoms with Gasteiger partial charge in [0.2, 0.25) is 0 Å². The van der Waals surface area contributed by atoms with E-state index in [2.05, 4.69) is 36.2 Å². The zero-order valence-electron chi connectivity index (χ0n) is 15.9. The third-order valence-electron chi connectivity index (χ3n) is 4.20. The fourth-order valence-electron chi connectivity index (χ4n) is 2.70. The van der Waals surface area contributed by atoms with Crippen molar-refractivity contribution in [2.45, 2.75) is 27.4 Å². The Kier molecular flexibility index (Phi) is 6.35. The summed E-state index contributed by atoms with van der Waals surface area (Å²) < 4.78 is 5.84. The van der Waals surface area contributed by atoms with Gasteiger partial charge in [0, 0.05) is 13.1 Å². The van der Waals surface area contributed by atoms with Crippen LogP contribution in [0.3, 0.4) is 0 Å². The summed E-state index contributed by atoms with van der Waals surface area (Å²) in [7, 11) is 0. The minimum Gasteiger partial charge on any atom is -0.489 e. The minimum atomic E-state index is 0.0226. The van der Waals surface area contributed by atoms with Crippen LogP contribution in [0.2, 0.25) is 0 Å². The summed E-state index contributed by atoms with van der Waals surface area (Å²) in [4.78, 5) is 19.3. The van der Waals surface area contributed by atoms with Gasteiger partial charge in [0.1, 0.15) is 12.4 Å². The maximum absolute atomic E-state index is 12.5. The molecule has 0 aromatic heterocycles. The molecule has 2 aromatic rings. The highest BCUT2D eigenvalue weighted by Crippen LogP contribution is 2.32. The lowest BCUT2D eigenvalue weighted by atomic mass is 10.1. The predicted molar refractivity (Wildman–Crippen MR) is 113 cm³/mol. The molecule has 0 spiro atoms. The van der Waals surface area contributed by atoms with Crippen LogP contribution in [0.1, 0.15) is 30.5 Å². The molecule has 0 atom stereocenters. The van der Waals surface area contributed by atoms with Gasteiger partial charge in [-0.1, -0.05) is 42.0 Å². The van der Waals surface area contributed by atoms with Gasteiger partial charge in [0.05, 0.1) is 4.91 Å². The first kappa shape index (κ1) is 19.2. The van der Waals surface area contributed by atoms with Crippen LogP contribution in [0, 0.1) is 6.92 Å². The fourth-order valence-corrected chi connectivity index (χ4v) is 3.81. The first-order chi connectivity index (χ1) is 13.1. The number of hydrogen-bond donors (Lipinski definition) is 0. The Morgan fingerprint density at radius 1 is 1.07 bits per heavy atom. The maximum Gasteiger partial charge on any atom is 0.266 e. The Morgan fingerprint density at radius 3 is 2.41 bits per heavy atom. The van der Waals surface area contributed by atoms with Crippen molar-refractivity contribution in [3.8, 4) is 5.75 Å². The SMILES string of the molecule is CCN=C1S/C(=C\c2ccc(OCc3ccc(C)cc3)cc2)C(=O)N1CC. The van der Waals surface area contributed by atoms with Crippen molar-refractivity contribution in [3.63, 3.8) is 0 Å². The number of aliphatic imine (C=N–C) groups is 1. The number of benzene rings is 2. The predicted octanol–water partition coefficient (Wildman–Crippen LogP) is 4.89. The van der Waals surface area contributed by atoms with Gasteiger partial charge in [0.15, 0.2) is 5.17 Å². The molecule has 3 rings (SSSR count). The molecule has 5 heteroatoms. The number of carbonyl (C=O) groups is 1. The molecule has 1 aliphatic heterocycles. The highest BCUT2D eigenvalue weighted by molar-refractivity contribution is 8.18. The van der Waals surface area contributed by atoms with E-state index in [1.165, 1.54) is 17.3 Å². The number of carbonyl (C=O) groups excluding carboxylic acids is 1. The molecule has 1 heterocycles. The van der Waals surface area contributed by atoms with Crippen molar-refractivity contribution in [2.24, 2.45) is 4.99 Å². The van der Waals surface area contributed by atoms with Crippen LogP contribution in [-0.2, 0) is 11.4 Å². The zero-order valence-corrected chi connectivity index (χ0v) is 16.8. The van der Waals surface area contributed by atoms with Crippen LogP contribution in [0.15, 0.2) is 58.4 Å². The summed E-state index contributed by atoms with van der Waals surface area (Å²) in [5.74, 6) is 0.834. The number of ether oxygens (including phenoxy) is 1. The van der Waals surface area contributed by atoms with Gasteiger partial charge in [-0.05, 0) is 61.9 Å². The van der Waals surface area contributed by atoms with Crippen molar-refractivity contribution < 1.29 is 9.53 Å². The van der Waals surface area contributed by atoms with Crippen LogP contribution in [0.5, 0.6) is 5.75 Å². The smallest absolute Gasteiger partial charge is 0.266 e. The second-order valence-electron chi connectivity index (χ2n) is 6.26. The van der Waals surface area contributed by atoms with E-state index in [-0.39, 0.29) is 5.91 Å². The van der Waals surface area contributed by atoms with Gasteiger partial charge >= 0.3 is 0 Å². The van der Waals surface area contributed by atoms with Gasteiger partial charge in [-0.2, -0.15) is 0 Å². The van der Waals surface area contributed by atoms with Crippen molar-refractivity contribution in [1.29, 1.82) is 0 Å². The van der Waals surface area contributed by atoms with Gasteiger partial charge in [0.25, 0.3) is 5.91 Å². The Morgan fingerprint density at radius 2 is 1.78 bits per heavy atom. The van der Waals surface area contributed by atoms with Crippen molar-refractivity contribution in [3.05, 3.63) is 70.1 Å². The first-order valence-corrected chi connectivity index (χ1v) is 9.96. The molecule has 4 nitrogen and oxygen atoms in total. The average molecular weight is 381 g/mol. The summed E-state index contributed by atoms with van der Waals surface area (Å²) >= 11 is 1.44. The summed E-state index contributed by atoms with van der Waals surface area (Å²) in [6.45, 7) is 7.86. The second kappa shape index (κ2) is 8.91. The number of amidine groups is 1. The average Bonchev–Trinajstić information content (AvgIpc) is 2.97. The van der Waals surface area contributed by atoms with E-state index in [4.69, 9.17) is 4.74 Å². The summed E-state index contributed by atoms with van der Waals surface area (Å²) in [5, 5.41) is 0.786. The molecule has 0 aliphatic carbocycles.